The molecule has 8 heteroatoms. The fourth-order valence-electron chi connectivity index (χ4n) is 8.51. The molecule has 3 amide bonds. The van der Waals surface area contributed by atoms with Gasteiger partial charge in [0.05, 0.1) is 6.10 Å². The van der Waals surface area contributed by atoms with Gasteiger partial charge in [0.2, 0.25) is 11.8 Å². The number of amides is 3. The lowest BCUT2D eigenvalue weighted by Crippen LogP contribution is -2.43. The lowest BCUT2D eigenvalue weighted by Gasteiger charge is -2.38. The molecule has 3 aliphatic heterocycles. The van der Waals surface area contributed by atoms with E-state index in [1.165, 1.54) is 44.9 Å². The van der Waals surface area contributed by atoms with E-state index < -0.39 is 11.9 Å². The maximum atomic E-state index is 13.0. The molecule has 3 heterocycles. The molecule has 2 N–H and O–H groups in total. The Balaban J connectivity index is 0.960. The third-order valence-electron chi connectivity index (χ3n) is 11.5. The fourth-order valence-corrected chi connectivity index (χ4v) is 8.51. The monoisotopic (exact) mass is 622 g/mol. The van der Waals surface area contributed by atoms with E-state index >= 15 is 0 Å². The van der Waals surface area contributed by atoms with Crippen LogP contribution in [0.3, 0.4) is 0 Å². The predicted molar refractivity (Wildman–Crippen MR) is 179 cm³/mol. The number of carbonyl (C=O) groups excluding carboxylic acids is 3. The van der Waals surface area contributed by atoms with E-state index in [1.54, 1.807) is 4.90 Å². The standard InChI is InChI=1S/C37H58N4O4/c1-26(2)32-14-9-27(3)24-34(32)45-25-35(42)40-22-17-29(18-23-40)7-4-6-28-15-20-39(21-16-28)31-12-10-30(11-13-31)37(44)41-19-5-8-33(41)36(38)43/h10-13,26-29,32-34H,4-9,14-25H2,1-3H3,(H2,38,43). The van der Waals surface area contributed by atoms with Gasteiger partial charge in [-0.15, -0.1) is 0 Å². The summed E-state index contributed by atoms with van der Waals surface area (Å²) in [6.07, 6.45) is 13.8. The Hall–Kier alpha value is -2.61. The Morgan fingerprint density at radius 3 is 2.13 bits per heavy atom. The molecule has 45 heavy (non-hydrogen) atoms. The van der Waals surface area contributed by atoms with E-state index in [4.69, 9.17) is 10.5 Å². The number of nitrogens with zero attached hydrogens (tertiary/aromatic N) is 3. The van der Waals surface area contributed by atoms with Crippen molar-refractivity contribution in [3.8, 4) is 0 Å². The van der Waals surface area contributed by atoms with Crippen LogP contribution in [0.4, 0.5) is 5.69 Å². The van der Waals surface area contributed by atoms with Crippen LogP contribution in [0.25, 0.3) is 0 Å². The zero-order valence-corrected chi connectivity index (χ0v) is 28.1. The van der Waals surface area contributed by atoms with Crippen molar-refractivity contribution in [2.24, 2.45) is 35.3 Å². The van der Waals surface area contributed by atoms with E-state index in [-0.39, 0.29) is 24.5 Å². The van der Waals surface area contributed by atoms with Crippen molar-refractivity contribution in [2.45, 2.75) is 110 Å². The number of rotatable bonds is 11. The average molecular weight is 623 g/mol. The number of nitrogens with two attached hydrogens (primary N) is 1. The Morgan fingerprint density at radius 2 is 1.51 bits per heavy atom. The molecule has 1 aromatic carbocycles. The zero-order valence-electron chi connectivity index (χ0n) is 28.1. The van der Waals surface area contributed by atoms with Gasteiger partial charge in [-0.1, -0.05) is 46.5 Å². The van der Waals surface area contributed by atoms with Gasteiger partial charge in [0.25, 0.3) is 5.91 Å². The highest BCUT2D eigenvalue weighted by molar-refractivity contribution is 5.98. The van der Waals surface area contributed by atoms with Crippen LogP contribution in [0.5, 0.6) is 0 Å². The number of ether oxygens (including phenoxy) is 1. The molecule has 1 saturated carbocycles. The molecule has 0 aromatic heterocycles. The molecule has 8 nitrogen and oxygen atoms in total. The van der Waals surface area contributed by atoms with Gasteiger partial charge in [0, 0.05) is 44.0 Å². The number of primary amides is 1. The third-order valence-corrected chi connectivity index (χ3v) is 11.5. The van der Waals surface area contributed by atoms with Gasteiger partial charge in [-0.3, -0.25) is 14.4 Å². The third kappa shape index (κ3) is 8.81. The van der Waals surface area contributed by atoms with E-state index in [1.807, 2.05) is 24.3 Å². The minimum atomic E-state index is -0.480. The number of benzene rings is 1. The molecule has 250 valence electrons. The van der Waals surface area contributed by atoms with Gasteiger partial charge in [-0.25, -0.2) is 0 Å². The van der Waals surface area contributed by atoms with Crippen LogP contribution >= 0.6 is 0 Å². The van der Waals surface area contributed by atoms with Gasteiger partial charge >= 0.3 is 0 Å². The van der Waals surface area contributed by atoms with Crippen LogP contribution in [0.15, 0.2) is 24.3 Å². The van der Waals surface area contributed by atoms with Crippen LogP contribution in [0, 0.1) is 29.6 Å². The first-order valence-corrected chi connectivity index (χ1v) is 18.0. The number of carbonyl (C=O) groups is 3. The predicted octanol–water partition coefficient (Wildman–Crippen LogP) is 5.88. The van der Waals surface area contributed by atoms with Crippen LogP contribution in [-0.2, 0) is 14.3 Å². The summed E-state index contributed by atoms with van der Waals surface area (Å²) in [5.41, 5.74) is 7.29. The van der Waals surface area contributed by atoms with Crippen molar-refractivity contribution in [3.05, 3.63) is 29.8 Å². The number of hydrogen-bond donors (Lipinski definition) is 1. The van der Waals surface area contributed by atoms with Gasteiger partial charge < -0.3 is 25.2 Å². The SMILES string of the molecule is CC1CCC(C(C)C)C(OCC(=O)N2CCC(CCCC3CCN(c4ccc(C(=O)N5CCCC5C(N)=O)cc4)CC3)CC2)C1. The van der Waals surface area contributed by atoms with E-state index in [2.05, 4.69) is 30.6 Å². The highest BCUT2D eigenvalue weighted by Crippen LogP contribution is 2.35. The quantitative estimate of drug-likeness (QED) is 0.333. The average Bonchev–Trinajstić information content (AvgIpc) is 3.55. The van der Waals surface area contributed by atoms with Gasteiger partial charge in [0.15, 0.2) is 0 Å². The largest absolute Gasteiger partial charge is 0.372 e. The van der Waals surface area contributed by atoms with Crippen molar-refractivity contribution in [2.75, 3.05) is 44.2 Å². The molecule has 0 bridgehead atoms. The van der Waals surface area contributed by atoms with Crippen molar-refractivity contribution < 1.29 is 19.1 Å². The molecule has 1 aromatic rings. The highest BCUT2D eigenvalue weighted by Gasteiger charge is 2.34. The Kier molecular flexibility index (Phi) is 11.8. The van der Waals surface area contributed by atoms with Crippen LogP contribution < -0.4 is 10.6 Å². The summed E-state index contributed by atoms with van der Waals surface area (Å²) in [5.74, 6) is 3.07. The Morgan fingerprint density at radius 1 is 0.867 bits per heavy atom. The zero-order chi connectivity index (χ0) is 31.9. The van der Waals surface area contributed by atoms with Crippen molar-refractivity contribution in [3.63, 3.8) is 0 Å². The normalized spacial score (nSPS) is 26.9. The maximum absolute atomic E-state index is 13.0. The number of anilines is 1. The molecule has 0 radical (unpaired) electrons. The van der Waals surface area contributed by atoms with Gasteiger partial charge in [-0.05, 0) is 105 Å². The minimum Gasteiger partial charge on any atom is -0.372 e. The van der Waals surface area contributed by atoms with Gasteiger partial charge in [0.1, 0.15) is 12.6 Å². The second-order valence-corrected chi connectivity index (χ2v) is 15.0. The lowest BCUT2D eigenvalue weighted by molar-refractivity contribution is -0.143. The second kappa shape index (κ2) is 15.8. The Bertz CT molecular complexity index is 1120. The van der Waals surface area contributed by atoms with Gasteiger partial charge in [-0.2, -0.15) is 0 Å². The maximum Gasteiger partial charge on any atom is 0.254 e. The summed E-state index contributed by atoms with van der Waals surface area (Å²) >= 11 is 0. The molecule has 4 atom stereocenters. The summed E-state index contributed by atoms with van der Waals surface area (Å²) in [7, 11) is 0. The second-order valence-electron chi connectivity index (χ2n) is 15.0. The number of hydrogen-bond acceptors (Lipinski definition) is 5. The molecule has 4 fully saturated rings. The lowest BCUT2D eigenvalue weighted by atomic mass is 9.75. The summed E-state index contributed by atoms with van der Waals surface area (Å²) < 4.78 is 6.26. The van der Waals surface area contributed by atoms with Crippen LogP contribution in [0.2, 0.25) is 0 Å². The van der Waals surface area contributed by atoms with Crippen LogP contribution in [-0.4, -0.2) is 79.0 Å². The Labute approximate surface area is 271 Å². The molecule has 4 unspecified atom stereocenters. The summed E-state index contributed by atoms with van der Waals surface area (Å²) in [4.78, 5) is 43.7. The first kappa shape index (κ1) is 33.7. The summed E-state index contributed by atoms with van der Waals surface area (Å²) in [5, 5.41) is 0. The number of likely N-dealkylation sites (tertiary alicyclic amines) is 2. The van der Waals surface area contributed by atoms with Crippen molar-refractivity contribution in [1.82, 2.24) is 9.80 Å². The summed E-state index contributed by atoms with van der Waals surface area (Å²) in [6.45, 7) is 11.6. The van der Waals surface area contributed by atoms with E-state index in [0.29, 0.717) is 36.3 Å². The molecule has 3 saturated heterocycles. The first-order valence-electron chi connectivity index (χ1n) is 18.0. The minimum absolute atomic E-state index is 0.100. The topological polar surface area (TPSA) is 96.2 Å². The smallest absolute Gasteiger partial charge is 0.254 e. The van der Waals surface area contributed by atoms with Crippen LogP contribution in [0.1, 0.15) is 108 Å². The molecule has 1 aliphatic carbocycles. The summed E-state index contributed by atoms with van der Waals surface area (Å²) in [6, 6.07) is 7.40. The molecule has 0 spiro atoms. The molecule has 5 rings (SSSR count). The highest BCUT2D eigenvalue weighted by atomic mass is 16.5. The van der Waals surface area contributed by atoms with E-state index in [0.717, 1.165) is 69.4 Å². The molecular weight excluding hydrogens is 564 g/mol. The first-order chi connectivity index (χ1) is 21.7. The van der Waals surface area contributed by atoms with E-state index in [9.17, 15) is 14.4 Å². The molecular formula is C37H58N4O4. The van der Waals surface area contributed by atoms with Crippen molar-refractivity contribution in [1.29, 1.82) is 0 Å². The number of piperidine rings is 2. The fraction of sp³-hybridized carbons (Fsp3) is 0.757. The molecule has 4 aliphatic rings. The van der Waals surface area contributed by atoms with Crippen molar-refractivity contribution >= 4 is 23.4 Å².